The predicted octanol–water partition coefficient (Wildman–Crippen LogP) is 10.6. The van der Waals surface area contributed by atoms with Gasteiger partial charge >= 0.3 is 0 Å². The Morgan fingerprint density at radius 3 is 0.852 bits per heavy atom. The van der Waals surface area contributed by atoms with Gasteiger partial charge in [-0.3, -0.25) is 0 Å². The summed E-state index contributed by atoms with van der Waals surface area (Å²) in [5.41, 5.74) is 0.587. The van der Waals surface area contributed by atoms with E-state index in [1.54, 1.807) is 0 Å². The van der Waals surface area contributed by atoms with Crippen LogP contribution in [0, 0.1) is 5.41 Å². The molecule has 0 heteroatoms. The Hall–Kier alpha value is 0. The second kappa shape index (κ2) is 20.7. The van der Waals surface area contributed by atoms with Crippen molar-refractivity contribution in [2.24, 2.45) is 5.41 Å². The summed E-state index contributed by atoms with van der Waals surface area (Å²) < 4.78 is 0. The molecule has 0 unspecified atom stereocenters. The molecule has 0 radical (unpaired) electrons. The molecule has 0 atom stereocenters. The van der Waals surface area contributed by atoms with E-state index in [-0.39, 0.29) is 0 Å². The minimum absolute atomic E-state index is 0.587. The van der Waals surface area contributed by atoms with Crippen LogP contribution in [0.15, 0.2) is 0 Å². The smallest absolute Gasteiger partial charge is 0.0354 e. The fourth-order valence-electron chi connectivity index (χ4n) is 4.31. The van der Waals surface area contributed by atoms with Gasteiger partial charge in [-0.05, 0) is 18.3 Å². The maximum atomic E-state index is 2.49. The fraction of sp³-hybridized carbons (Fsp3) is 1.00. The van der Waals surface area contributed by atoms with Crippen LogP contribution in [0.2, 0.25) is 0 Å². The van der Waals surface area contributed by atoms with Crippen molar-refractivity contribution in [3.8, 4) is 0 Å². The van der Waals surface area contributed by atoms with E-state index in [4.69, 9.17) is 0 Å². The molecule has 0 amide bonds. The molecule has 0 aliphatic carbocycles. The molecule has 0 aromatic carbocycles. The summed E-state index contributed by atoms with van der Waals surface area (Å²) in [5.74, 6) is 0. The van der Waals surface area contributed by atoms with Crippen LogP contribution in [0.1, 0.15) is 169 Å². The Bertz CT molecular complexity index is 265. The van der Waals surface area contributed by atoms with Gasteiger partial charge in [-0.15, -0.1) is 0 Å². The summed E-state index contributed by atoms with van der Waals surface area (Å²) in [6.45, 7) is 9.59. The quantitative estimate of drug-likeness (QED) is 0.164. The van der Waals surface area contributed by atoms with Crippen LogP contribution in [0.4, 0.5) is 0 Å². The van der Waals surface area contributed by atoms with Crippen LogP contribution in [-0.4, -0.2) is 0 Å². The number of unbranched alkanes of at least 4 members (excludes halogenated alkanes) is 18. The van der Waals surface area contributed by atoms with Crippen molar-refractivity contribution in [1.29, 1.82) is 0 Å². The number of hydrogen-bond acceptors (Lipinski definition) is 0. The Labute approximate surface area is 174 Å². The number of rotatable bonds is 22. The summed E-state index contributed by atoms with van der Waals surface area (Å²) in [5, 5.41) is 0. The van der Waals surface area contributed by atoms with E-state index in [1.807, 2.05) is 0 Å². The van der Waals surface area contributed by atoms with Crippen LogP contribution in [0.25, 0.3) is 0 Å². The summed E-state index contributed by atoms with van der Waals surface area (Å²) in [4.78, 5) is 0. The molecule has 0 rings (SSSR count). The highest BCUT2D eigenvalue weighted by atomic mass is 14.2. The topological polar surface area (TPSA) is 0 Å². The molecule has 0 aliphatic heterocycles. The minimum atomic E-state index is 0.587. The second-order valence-electron chi connectivity index (χ2n) is 10.0. The van der Waals surface area contributed by atoms with Crippen molar-refractivity contribution in [2.45, 2.75) is 169 Å². The van der Waals surface area contributed by atoms with Gasteiger partial charge in [0, 0.05) is 0 Å². The van der Waals surface area contributed by atoms with Crippen LogP contribution in [0.3, 0.4) is 0 Å². The molecule has 0 aliphatic rings. The summed E-state index contributed by atoms with van der Waals surface area (Å²) in [6.07, 6.45) is 32.1. The van der Waals surface area contributed by atoms with Gasteiger partial charge < -0.3 is 0 Å². The molecule has 164 valence electrons. The molecule has 0 heterocycles. The highest BCUT2D eigenvalue weighted by Gasteiger charge is 2.16. The van der Waals surface area contributed by atoms with Gasteiger partial charge in [0.15, 0.2) is 0 Å². The van der Waals surface area contributed by atoms with E-state index in [2.05, 4.69) is 27.7 Å². The van der Waals surface area contributed by atoms with Gasteiger partial charge in [-0.25, -0.2) is 0 Å². The van der Waals surface area contributed by atoms with Crippen molar-refractivity contribution in [2.75, 3.05) is 0 Å². The predicted molar refractivity (Wildman–Crippen MR) is 127 cm³/mol. The average Bonchev–Trinajstić information content (AvgIpc) is 2.65. The molecule has 0 saturated carbocycles. The lowest BCUT2D eigenvalue weighted by atomic mass is 9.82. The van der Waals surface area contributed by atoms with E-state index < -0.39 is 0 Å². The summed E-state index contributed by atoms with van der Waals surface area (Å²) in [6, 6.07) is 0. The first-order chi connectivity index (χ1) is 13.1. The molecular weight excluding hydrogens is 324 g/mol. The molecule has 0 aromatic heterocycles. The Morgan fingerprint density at radius 2 is 0.556 bits per heavy atom. The number of hydrogen-bond donors (Lipinski definition) is 0. The SMILES string of the molecule is CCCCCCCCCCCCCCCCCCC(C)(C)CCCCCC. The van der Waals surface area contributed by atoms with Crippen molar-refractivity contribution >= 4 is 0 Å². The highest BCUT2D eigenvalue weighted by Crippen LogP contribution is 2.30. The zero-order valence-electron chi connectivity index (χ0n) is 20.1. The van der Waals surface area contributed by atoms with Gasteiger partial charge in [-0.1, -0.05) is 156 Å². The van der Waals surface area contributed by atoms with Crippen molar-refractivity contribution in [1.82, 2.24) is 0 Å². The van der Waals surface area contributed by atoms with Gasteiger partial charge in [-0.2, -0.15) is 0 Å². The maximum Gasteiger partial charge on any atom is -0.0354 e. The fourth-order valence-corrected chi connectivity index (χ4v) is 4.31. The zero-order chi connectivity index (χ0) is 20.1. The van der Waals surface area contributed by atoms with Crippen LogP contribution in [-0.2, 0) is 0 Å². The van der Waals surface area contributed by atoms with Gasteiger partial charge in [0.2, 0.25) is 0 Å². The van der Waals surface area contributed by atoms with Crippen molar-refractivity contribution in [3.05, 3.63) is 0 Å². The summed E-state index contributed by atoms with van der Waals surface area (Å²) >= 11 is 0. The molecule has 0 nitrogen and oxygen atoms in total. The van der Waals surface area contributed by atoms with Crippen LogP contribution in [0.5, 0.6) is 0 Å². The molecule has 0 N–H and O–H groups in total. The lowest BCUT2D eigenvalue weighted by Crippen LogP contribution is -2.11. The van der Waals surface area contributed by atoms with Crippen LogP contribution >= 0.6 is 0 Å². The van der Waals surface area contributed by atoms with E-state index >= 15 is 0 Å². The molecule has 0 bridgehead atoms. The van der Waals surface area contributed by atoms with Crippen molar-refractivity contribution < 1.29 is 0 Å². The molecular formula is C27H56. The Kier molecular flexibility index (Phi) is 20.7. The van der Waals surface area contributed by atoms with E-state index in [9.17, 15) is 0 Å². The Morgan fingerprint density at radius 1 is 0.333 bits per heavy atom. The normalized spacial score (nSPS) is 12.0. The molecule has 0 saturated heterocycles. The molecule has 0 aromatic rings. The van der Waals surface area contributed by atoms with E-state index in [0.29, 0.717) is 5.41 Å². The van der Waals surface area contributed by atoms with Gasteiger partial charge in [0.05, 0.1) is 0 Å². The van der Waals surface area contributed by atoms with E-state index in [1.165, 1.54) is 141 Å². The first-order valence-corrected chi connectivity index (χ1v) is 13.1. The lowest BCUT2D eigenvalue weighted by molar-refractivity contribution is 0.282. The standard InChI is InChI=1S/C27H56/c1-5-7-9-11-12-13-14-15-16-17-18-19-20-21-22-24-26-27(3,4)25-23-10-8-6-2/h5-26H2,1-4H3. The largest absolute Gasteiger partial charge is 0.0654 e. The summed E-state index contributed by atoms with van der Waals surface area (Å²) in [7, 11) is 0. The zero-order valence-corrected chi connectivity index (χ0v) is 20.1. The second-order valence-corrected chi connectivity index (χ2v) is 10.0. The van der Waals surface area contributed by atoms with Gasteiger partial charge in [0.25, 0.3) is 0 Å². The monoisotopic (exact) mass is 380 g/mol. The third kappa shape index (κ3) is 22.2. The average molecular weight is 381 g/mol. The van der Waals surface area contributed by atoms with E-state index in [0.717, 1.165) is 0 Å². The third-order valence-electron chi connectivity index (χ3n) is 6.41. The maximum absolute atomic E-state index is 2.49. The van der Waals surface area contributed by atoms with Crippen LogP contribution < -0.4 is 0 Å². The van der Waals surface area contributed by atoms with Gasteiger partial charge in [0.1, 0.15) is 0 Å². The lowest BCUT2D eigenvalue weighted by Gasteiger charge is -2.24. The minimum Gasteiger partial charge on any atom is -0.0654 e. The first kappa shape index (κ1) is 27.0. The Balaban J connectivity index is 3.20. The first-order valence-electron chi connectivity index (χ1n) is 13.1. The molecule has 0 fully saturated rings. The van der Waals surface area contributed by atoms with Crippen molar-refractivity contribution in [3.63, 3.8) is 0 Å². The third-order valence-corrected chi connectivity index (χ3v) is 6.41. The molecule has 27 heavy (non-hydrogen) atoms. The highest BCUT2D eigenvalue weighted by molar-refractivity contribution is 4.68. The molecule has 0 spiro atoms.